The number of benzene rings is 2. The Balaban J connectivity index is 1.56. The van der Waals surface area contributed by atoms with Crippen LogP contribution in [0.25, 0.3) is 22.6 Å². The first-order valence-corrected chi connectivity index (χ1v) is 9.09. The monoisotopic (exact) mass is 364 g/mol. The lowest BCUT2D eigenvalue weighted by Crippen LogP contribution is -2.31. The van der Waals surface area contributed by atoms with Gasteiger partial charge in [-0.1, -0.05) is 12.1 Å². The first kappa shape index (κ1) is 16.3. The maximum absolute atomic E-state index is 12.5. The lowest BCUT2D eigenvalue weighted by Gasteiger charge is -2.18. The molecule has 0 bridgehead atoms. The number of anilines is 2. The number of thiazole rings is 1. The Morgan fingerprint density at radius 2 is 2.15 bits per heavy atom. The number of aryl methyl sites for hydroxylation is 1. The maximum atomic E-state index is 12.5. The molecule has 0 saturated heterocycles. The summed E-state index contributed by atoms with van der Waals surface area (Å²) in [6, 6.07) is 13.4. The highest BCUT2D eigenvalue weighted by Gasteiger charge is 2.16. The molecule has 0 aliphatic carbocycles. The van der Waals surface area contributed by atoms with E-state index in [1.807, 2.05) is 54.8 Å². The second-order valence-corrected chi connectivity index (χ2v) is 6.81. The average Bonchev–Trinajstić information content (AvgIpc) is 3.30. The van der Waals surface area contributed by atoms with Gasteiger partial charge in [0, 0.05) is 29.9 Å². The van der Waals surface area contributed by atoms with E-state index in [-0.39, 0.29) is 6.03 Å². The Morgan fingerprint density at radius 3 is 2.92 bits per heavy atom. The Labute approximate surface area is 154 Å². The van der Waals surface area contributed by atoms with E-state index in [0.29, 0.717) is 0 Å². The number of nitrogens with zero attached hydrogens (tertiary/aromatic N) is 2. The number of nitrogens with one attached hydrogen (secondary N) is 3. The van der Waals surface area contributed by atoms with Gasteiger partial charge in [0.15, 0.2) is 16.7 Å². The van der Waals surface area contributed by atoms with Crippen LogP contribution < -0.4 is 15.2 Å². The predicted molar refractivity (Wildman–Crippen MR) is 105 cm³/mol. The van der Waals surface area contributed by atoms with Crippen molar-refractivity contribution < 1.29 is 9.78 Å². The molecule has 130 valence electrons. The fourth-order valence-corrected chi connectivity index (χ4v) is 3.30. The van der Waals surface area contributed by atoms with Crippen LogP contribution in [0.1, 0.15) is 5.56 Å². The molecule has 0 aliphatic heterocycles. The minimum absolute atomic E-state index is 0.190. The lowest BCUT2D eigenvalue weighted by molar-refractivity contribution is -0.330. The van der Waals surface area contributed by atoms with Crippen molar-refractivity contribution in [2.45, 2.75) is 6.92 Å². The van der Waals surface area contributed by atoms with E-state index in [1.54, 1.807) is 28.8 Å². The van der Waals surface area contributed by atoms with Crippen molar-refractivity contribution in [1.29, 1.82) is 0 Å². The summed E-state index contributed by atoms with van der Waals surface area (Å²) in [6.45, 7) is 2.00. The Bertz CT molecular complexity index is 1070. The Kier molecular flexibility index (Phi) is 4.14. The van der Waals surface area contributed by atoms with Gasteiger partial charge in [-0.25, -0.2) is 19.7 Å². The standard InChI is InChI=1S/C19H17N5OS/c1-12-4-3-5-14(8-12)24(2)19(25)21-13-6-7-15-16(9-13)23-18(22-15)17-10-26-11-20-17/h3-11H,1-2H3,(H,21,25)(H,22,23)/p+1. The third-order valence-electron chi connectivity index (χ3n) is 4.17. The fourth-order valence-electron chi connectivity index (χ4n) is 2.76. The summed E-state index contributed by atoms with van der Waals surface area (Å²) in [5.74, 6) is 0.849. The maximum Gasteiger partial charge on any atom is 0.326 e. The number of H-pyrrole nitrogens is 2. The summed E-state index contributed by atoms with van der Waals surface area (Å²) in [5.41, 5.74) is 7.21. The normalized spacial score (nSPS) is 10.8. The van der Waals surface area contributed by atoms with Gasteiger partial charge in [0.05, 0.1) is 5.51 Å². The van der Waals surface area contributed by atoms with Crippen molar-refractivity contribution in [2.24, 2.45) is 0 Å². The first-order valence-electron chi connectivity index (χ1n) is 8.15. The van der Waals surface area contributed by atoms with Crippen LogP contribution in [0.3, 0.4) is 0 Å². The molecule has 0 radical (unpaired) electrons. The number of hydrogen-bond acceptors (Lipinski definition) is 3. The number of amides is 2. The number of aromatic amines is 2. The van der Waals surface area contributed by atoms with Gasteiger partial charge in [0.25, 0.3) is 0 Å². The second-order valence-electron chi connectivity index (χ2n) is 6.09. The molecule has 4 aromatic rings. The Hall–Kier alpha value is -3.19. The van der Waals surface area contributed by atoms with Crippen molar-refractivity contribution in [3.8, 4) is 11.5 Å². The van der Waals surface area contributed by atoms with Gasteiger partial charge in [-0.05, 0) is 36.8 Å². The molecule has 0 aliphatic rings. The number of fused-ring (bicyclic) bond motifs is 1. The van der Waals surface area contributed by atoms with E-state index in [0.717, 1.165) is 39.5 Å². The highest BCUT2D eigenvalue weighted by molar-refractivity contribution is 7.07. The van der Waals surface area contributed by atoms with Crippen LogP contribution in [0, 0.1) is 6.92 Å². The number of urea groups is 1. The van der Waals surface area contributed by atoms with E-state index in [2.05, 4.69) is 20.3 Å². The van der Waals surface area contributed by atoms with Crippen molar-refractivity contribution in [2.75, 3.05) is 17.3 Å². The molecular formula is C19H18N5OS+. The molecule has 2 amide bonds. The zero-order valence-electron chi connectivity index (χ0n) is 14.4. The van der Waals surface area contributed by atoms with Crippen LogP contribution in [-0.2, 0) is 0 Å². The Morgan fingerprint density at radius 1 is 1.27 bits per heavy atom. The van der Waals surface area contributed by atoms with Crippen molar-refractivity contribution in [3.63, 3.8) is 0 Å². The molecule has 0 atom stereocenters. The van der Waals surface area contributed by atoms with Crippen molar-refractivity contribution in [3.05, 3.63) is 58.9 Å². The molecule has 26 heavy (non-hydrogen) atoms. The summed E-state index contributed by atoms with van der Waals surface area (Å²) in [4.78, 5) is 25.0. The van der Waals surface area contributed by atoms with Crippen LogP contribution in [0.4, 0.5) is 16.2 Å². The smallest absolute Gasteiger partial charge is 0.307 e. The van der Waals surface area contributed by atoms with Crippen LogP contribution in [-0.4, -0.2) is 23.0 Å². The SMILES string of the molecule is Cc1cccc(N(C)C(=O)Nc2ccc3[nH+]c(-c4cscn4)[nH]c3c2)c1. The summed E-state index contributed by atoms with van der Waals surface area (Å²) in [6.07, 6.45) is 0. The predicted octanol–water partition coefficient (Wildman–Crippen LogP) is 4.08. The third kappa shape index (κ3) is 3.16. The van der Waals surface area contributed by atoms with Crippen LogP contribution in [0.2, 0.25) is 0 Å². The molecule has 3 N–H and O–H groups in total. The third-order valence-corrected chi connectivity index (χ3v) is 4.76. The second kappa shape index (κ2) is 6.61. The van der Waals surface area contributed by atoms with Gasteiger partial charge in [-0.2, -0.15) is 0 Å². The van der Waals surface area contributed by atoms with E-state index >= 15 is 0 Å². The molecule has 2 aromatic carbocycles. The topological polar surface area (TPSA) is 75.2 Å². The molecule has 2 aromatic heterocycles. The summed E-state index contributed by atoms with van der Waals surface area (Å²) in [7, 11) is 1.76. The number of carbonyl (C=O) groups excluding carboxylic acids is 1. The molecule has 0 fully saturated rings. The molecule has 4 rings (SSSR count). The number of rotatable bonds is 3. The van der Waals surface area contributed by atoms with E-state index in [4.69, 9.17) is 0 Å². The van der Waals surface area contributed by atoms with Gasteiger partial charge in [0.2, 0.25) is 0 Å². The van der Waals surface area contributed by atoms with Crippen LogP contribution in [0.15, 0.2) is 53.4 Å². The van der Waals surface area contributed by atoms with E-state index < -0.39 is 0 Å². The zero-order valence-corrected chi connectivity index (χ0v) is 15.2. The number of imidazole rings is 1. The molecule has 6 nitrogen and oxygen atoms in total. The molecule has 0 unspecified atom stereocenters. The van der Waals surface area contributed by atoms with Crippen molar-refractivity contribution in [1.82, 2.24) is 9.97 Å². The van der Waals surface area contributed by atoms with Gasteiger partial charge >= 0.3 is 11.9 Å². The van der Waals surface area contributed by atoms with Crippen LogP contribution in [0.5, 0.6) is 0 Å². The quantitative estimate of drug-likeness (QED) is 0.575. The van der Waals surface area contributed by atoms with Gasteiger partial charge in [-0.3, -0.25) is 4.90 Å². The summed E-state index contributed by atoms with van der Waals surface area (Å²) >= 11 is 1.54. The summed E-state index contributed by atoms with van der Waals surface area (Å²) < 4.78 is 0. The number of hydrogen-bond donors (Lipinski definition) is 2. The minimum Gasteiger partial charge on any atom is -0.307 e. The molecule has 0 spiro atoms. The molecule has 7 heteroatoms. The van der Waals surface area contributed by atoms with Crippen molar-refractivity contribution >= 4 is 39.8 Å². The molecule has 2 heterocycles. The highest BCUT2D eigenvalue weighted by Crippen LogP contribution is 2.21. The van der Waals surface area contributed by atoms with E-state index in [1.165, 1.54) is 0 Å². The minimum atomic E-state index is -0.190. The molecular weight excluding hydrogens is 346 g/mol. The summed E-state index contributed by atoms with van der Waals surface area (Å²) in [5, 5.41) is 4.91. The lowest BCUT2D eigenvalue weighted by atomic mass is 10.2. The highest BCUT2D eigenvalue weighted by atomic mass is 32.1. The molecule has 0 saturated carbocycles. The van der Waals surface area contributed by atoms with E-state index in [9.17, 15) is 4.79 Å². The largest absolute Gasteiger partial charge is 0.326 e. The van der Waals surface area contributed by atoms with Crippen LogP contribution >= 0.6 is 11.3 Å². The first-order chi connectivity index (χ1) is 12.6. The fraction of sp³-hybridized carbons (Fsp3) is 0.105. The number of carbonyl (C=O) groups is 1. The van der Waals surface area contributed by atoms with Gasteiger partial charge in [-0.15, -0.1) is 11.3 Å². The zero-order chi connectivity index (χ0) is 18.1. The van der Waals surface area contributed by atoms with Gasteiger partial charge < -0.3 is 5.32 Å². The average molecular weight is 364 g/mol. The van der Waals surface area contributed by atoms with Gasteiger partial charge in [0.1, 0.15) is 0 Å². The number of aromatic nitrogens is 3.